The molecule has 2 aromatic heterocycles. The molecule has 0 aliphatic carbocycles. The lowest BCUT2D eigenvalue weighted by Gasteiger charge is -2.24. The van der Waals surface area contributed by atoms with Gasteiger partial charge in [-0.05, 0) is 30.9 Å². The molecule has 0 bridgehead atoms. The Kier molecular flexibility index (Phi) is 7.08. The minimum atomic E-state index is -0.734. The van der Waals surface area contributed by atoms with Gasteiger partial charge in [-0.2, -0.15) is 0 Å². The van der Waals surface area contributed by atoms with Crippen LogP contribution in [0.3, 0.4) is 0 Å². The average molecular weight is 570 g/mol. The summed E-state index contributed by atoms with van der Waals surface area (Å²) < 4.78 is 7.39. The van der Waals surface area contributed by atoms with E-state index in [1.807, 2.05) is 72.1 Å². The number of hydrogen-bond acceptors (Lipinski definition) is 7. The fourth-order valence-electron chi connectivity index (χ4n) is 5.24. The Morgan fingerprint density at radius 3 is 2.50 bits per heavy atom. The summed E-state index contributed by atoms with van der Waals surface area (Å²) in [5.74, 6) is -0.699. The van der Waals surface area contributed by atoms with Gasteiger partial charge in [-0.3, -0.25) is 14.2 Å². The SMILES string of the molecule is CCCCN1C(=O)/C(=c2/sc3n(c2=O)[C@@H](c2cccs2)C(C(=O)OCC)=C(c2ccccc2)N=3)c2ccccc21. The van der Waals surface area contributed by atoms with Gasteiger partial charge >= 0.3 is 5.97 Å². The zero-order valence-electron chi connectivity index (χ0n) is 22.1. The van der Waals surface area contributed by atoms with Gasteiger partial charge in [0.1, 0.15) is 10.6 Å². The number of ether oxygens (including phenoxy) is 1. The molecule has 0 saturated heterocycles. The predicted octanol–water partition coefficient (Wildman–Crippen LogP) is 4.51. The number of carbonyl (C=O) groups excluding carboxylic acids is 2. The van der Waals surface area contributed by atoms with Crippen molar-refractivity contribution in [3.63, 3.8) is 0 Å². The molecular formula is C31H27N3O4S2. The first-order chi connectivity index (χ1) is 19.5. The maximum Gasteiger partial charge on any atom is 0.338 e. The number of thiazole rings is 1. The molecule has 9 heteroatoms. The molecular weight excluding hydrogens is 542 g/mol. The van der Waals surface area contributed by atoms with Crippen molar-refractivity contribution >= 4 is 51.5 Å². The third-order valence-electron chi connectivity index (χ3n) is 7.05. The molecule has 6 rings (SSSR count). The summed E-state index contributed by atoms with van der Waals surface area (Å²) in [5, 5.41) is 1.92. The van der Waals surface area contributed by atoms with Gasteiger partial charge in [-0.25, -0.2) is 9.79 Å². The molecule has 2 aliphatic heterocycles. The van der Waals surface area contributed by atoms with Crippen LogP contribution in [0.5, 0.6) is 0 Å². The highest BCUT2D eigenvalue weighted by Crippen LogP contribution is 2.38. The summed E-state index contributed by atoms with van der Waals surface area (Å²) in [6.07, 6.45) is 1.81. The number of esters is 1. The van der Waals surface area contributed by atoms with Gasteiger partial charge in [0.2, 0.25) is 0 Å². The second-order valence-corrected chi connectivity index (χ2v) is 11.4. The number of unbranched alkanes of at least 4 members (excludes halogenated alkanes) is 1. The second kappa shape index (κ2) is 10.8. The number of hydrogen-bond donors (Lipinski definition) is 0. The van der Waals surface area contributed by atoms with Gasteiger partial charge in [0, 0.05) is 22.5 Å². The fraction of sp³-hybridized carbons (Fsp3) is 0.226. The first-order valence-corrected chi connectivity index (χ1v) is 15.0. The van der Waals surface area contributed by atoms with E-state index in [9.17, 15) is 14.4 Å². The molecule has 7 nitrogen and oxygen atoms in total. The van der Waals surface area contributed by atoms with Crippen LogP contribution in [0.2, 0.25) is 0 Å². The number of anilines is 1. The highest BCUT2D eigenvalue weighted by atomic mass is 32.1. The van der Waals surface area contributed by atoms with E-state index < -0.39 is 12.0 Å². The van der Waals surface area contributed by atoms with E-state index in [2.05, 4.69) is 6.92 Å². The van der Waals surface area contributed by atoms with Crippen molar-refractivity contribution in [3.05, 3.63) is 113 Å². The predicted molar refractivity (Wildman–Crippen MR) is 158 cm³/mol. The van der Waals surface area contributed by atoms with Crippen LogP contribution in [0, 0.1) is 0 Å². The molecule has 0 spiro atoms. The number of carbonyl (C=O) groups is 2. The summed E-state index contributed by atoms with van der Waals surface area (Å²) in [5.41, 5.74) is 3.14. The fourth-order valence-corrected chi connectivity index (χ4v) is 7.16. The van der Waals surface area contributed by atoms with Crippen LogP contribution in [0.15, 0.2) is 87.5 Å². The lowest BCUT2D eigenvalue weighted by atomic mass is 9.97. The number of fused-ring (bicyclic) bond motifs is 2. The molecule has 2 aromatic carbocycles. The minimum Gasteiger partial charge on any atom is -0.463 e. The number of rotatable bonds is 7. The maximum atomic E-state index is 14.3. The first-order valence-electron chi connectivity index (χ1n) is 13.3. The molecule has 202 valence electrons. The van der Waals surface area contributed by atoms with Gasteiger partial charge in [0.15, 0.2) is 4.80 Å². The number of nitrogens with zero attached hydrogens (tertiary/aromatic N) is 3. The molecule has 0 fully saturated rings. The molecule has 1 amide bonds. The van der Waals surface area contributed by atoms with Crippen LogP contribution in [0.4, 0.5) is 5.69 Å². The first kappa shape index (κ1) is 26.2. The summed E-state index contributed by atoms with van der Waals surface area (Å²) in [6, 6.07) is 20.1. The summed E-state index contributed by atoms with van der Waals surface area (Å²) in [7, 11) is 0. The van der Waals surface area contributed by atoms with Crippen LogP contribution in [-0.4, -0.2) is 29.6 Å². The van der Waals surface area contributed by atoms with E-state index in [1.54, 1.807) is 16.4 Å². The Bertz CT molecular complexity index is 1820. The Morgan fingerprint density at radius 2 is 1.77 bits per heavy atom. The summed E-state index contributed by atoms with van der Waals surface area (Å²) in [4.78, 5) is 49.6. The summed E-state index contributed by atoms with van der Waals surface area (Å²) >= 11 is 2.65. The zero-order valence-corrected chi connectivity index (χ0v) is 23.8. The smallest absolute Gasteiger partial charge is 0.338 e. The Balaban J connectivity index is 1.67. The molecule has 4 aromatic rings. The average Bonchev–Trinajstić information content (AvgIpc) is 3.68. The van der Waals surface area contributed by atoms with Gasteiger partial charge in [0.25, 0.3) is 11.5 Å². The lowest BCUT2D eigenvalue weighted by molar-refractivity contribution is -0.138. The topological polar surface area (TPSA) is 81.0 Å². The van der Waals surface area contributed by atoms with E-state index in [1.165, 1.54) is 22.7 Å². The van der Waals surface area contributed by atoms with E-state index in [4.69, 9.17) is 9.73 Å². The molecule has 0 N–H and O–H groups in total. The zero-order chi connectivity index (χ0) is 27.8. The van der Waals surface area contributed by atoms with Crippen LogP contribution in [-0.2, 0) is 14.3 Å². The Morgan fingerprint density at radius 1 is 1.00 bits per heavy atom. The quantitative estimate of drug-likeness (QED) is 0.307. The number of para-hydroxylation sites is 1. The second-order valence-electron chi connectivity index (χ2n) is 9.47. The van der Waals surface area contributed by atoms with Crippen molar-refractivity contribution in [2.75, 3.05) is 18.1 Å². The standard InChI is InChI=1S/C31H27N3O4S2/c1-3-5-17-33-21-15-10-9-14-20(21)23(28(33)35)27-29(36)34-26(22-16-11-18-39-22)24(30(37)38-4-2)25(32-31(34)40-27)19-12-7-6-8-13-19/h6-16,18,26H,3-5,17H2,1-2H3/b27-23+/t26-/m0/s1. The van der Waals surface area contributed by atoms with Crippen molar-refractivity contribution in [2.24, 2.45) is 4.99 Å². The normalized spacial score (nSPS) is 17.5. The van der Waals surface area contributed by atoms with Gasteiger partial charge in [0.05, 0.1) is 29.1 Å². The third-order valence-corrected chi connectivity index (χ3v) is 9.03. The van der Waals surface area contributed by atoms with Crippen LogP contribution >= 0.6 is 22.7 Å². The summed E-state index contributed by atoms with van der Waals surface area (Å²) in [6.45, 7) is 4.61. The van der Waals surface area contributed by atoms with E-state index in [0.29, 0.717) is 32.7 Å². The molecule has 0 radical (unpaired) electrons. The number of thiophene rings is 1. The molecule has 4 heterocycles. The van der Waals surface area contributed by atoms with E-state index in [0.717, 1.165) is 34.5 Å². The van der Waals surface area contributed by atoms with Crippen molar-refractivity contribution in [1.29, 1.82) is 0 Å². The largest absolute Gasteiger partial charge is 0.463 e. The van der Waals surface area contributed by atoms with Gasteiger partial charge < -0.3 is 9.64 Å². The van der Waals surface area contributed by atoms with Gasteiger partial charge in [-0.15, -0.1) is 11.3 Å². The molecule has 2 aliphatic rings. The van der Waals surface area contributed by atoms with Crippen molar-refractivity contribution < 1.29 is 14.3 Å². The van der Waals surface area contributed by atoms with Crippen LogP contribution in [0.25, 0.3) is 11.3 Å². The molecule has 40 heavy (non-hydrogen) atoms. The van der Waals surface area contributed by atoms with E-state index in [-0.39, 0.29) is 18.1 Å². The Labute approximate surface area is 239 Å². The lowest BCUT2D eigenvalue weighted by Crippen LogP contribution is -2.40. The van der Waals surface area contributed by atoms with Crippen molar-refractivity contribution in [3.8, 4) is 0 Å². The van der Waals surface area contributed by atoms with Gasteiger partial charge in [-0.1, -0.05) is 79.3 Å². The number of aromatic nitrogens is 1. The van der Waals surface area contributed by atoms with Crippen LogP contribution in [0.1, 0.15) is 48.7 Å². The van der Waals surface area contributed by atoms with Crippen molar-refractivity contribution in [2.45, 2.75) is 32.7 Å². The number of benzene rings is 2. The number of amides is 1. The van der Waals surface area contributed by atoms with Crippen molar-refractivity contribution in [1.82, 2.24) is 4.57 Å². The highest BCUT2D eigenvalue weighted by molar-refractivity contribution is 7.10. The highest BCUT2D eigenvalue weighted by Gasteiger charge is 2.38. The maximum absolute atomic E-state index is 14.3. The Hall–Kier alpha value is -4.08. The van der Waals surface area contributed by atoms with E-state index >= 15 is 0 Å². The molecule has 0 saturated carbocycles. The minimum absolute atomic E-state index is 0.180. The molecule has 0 unspecified atom stereocenters. The van der Waals surface area contributed by atoms with Crippen LogP contribution < -0.4 is 19.8 Å². The molecule has 1 atom stereocenters. The third kappa shape index (κ3) is 4.26. The monoisotopic (exact) mass is 569 g/mol.